The Bertz CT molecular complexity index is 952. The fourth-order valence-electron chi connectivity index (χ4n) is 3.75. The van der Waals surface area contributed by atoms with Gasteiger partial charge in [0.05, 0.1) is 6.54 Å². The third-order valence-corrected chi connectivity index (χ3v) is 5.68. The Morgan fingerprint density at radius 1 is 0.882 bits per heavy atom. The molecule has 0 spiro atoms. The van der Waals surface area contributed by atoms with E-state index in [9.17, 15) is 9.59 Å². The number of aliphatic imine (C=N–C) groups is 1. The lowest BCUT2D eigenvalue weighted by Crippen LogP contribution is -2.36. The van der Waals surface area contributed by atoms with Gasteiger partial charge in [-0.15, -0.1) is 24.0 Å². The number of likely N-dealkylation sites (tertiary alicyclic amines) is 1. The summed E-state index contributed by atoms with van der Waals surface area (Å²) in [4.78, 5) is 32.8. The maximum Gasteiger partial charge on any atom is 0.253 e. The zero-order valence-corrected chi connectivity index (χ0v) is 22.7. The van der Waals surface area contributed by atoms with Gasteiger partial charge in [0.2, 0.25) is 0 Å². The van der Waals surface area contributed by atoms with Crippen molar-refractivity contribution < 1.29 is 9.59 Å². The second-order valence-corrected chi connectivity index (χ2v) is 8.50. The molecular formula is C26H36IN5O2. The summed E-state index contributed by atoms with van der Waals surface area (Å²) in [5.74, 6) is 0.838. The topological polar surface area (TPSA) is 77.0 Å². The van der Waals surface area contributed by atoms with Gasteiger partial charge in [0.25, 0.3) is 11.8 Å². The Balaban J connectivity index is 0.00000408. The number of hydrogen-bond donors (Lipinski definition) is 2. The van der Waals surface area contributed by atoms with E-state index in [4.69, 9.17) is 0 Å². The Kier molecular flexibility index (Phi) is 11.3. The summed E-state index contributed by atoms with van der Waals surface area (Å²) in [7, 11) is 3.49. The van der Waals surface area contributed by atoms with Crippen LogP contribution in [0.15, 0.2) is 53.5 Å². The summed E-state index contributed by atoms with van der Waals surface area (Å²) in [6, 6.07) is 15.3. The highest BCUT2D eigenvalue weighted by Crippen LogP contribution is 2.14. The lowest BCUT2D eigenvalue weighted by molar-refractivity contribution is 0.0724. The normalized spacial score (nSPS) is 13.6. The molecule has 8 heteroatoms. The van der Waals surface area contributed by atoms with Crippen LogP contribution in [0.4, 0.5) is 0 Å². The van der Waals surface area contributed by atoms with Crippen LogP contribution in [-0.4, -0.2) is 61.3 Å². The molecule has 0 aliphatic carbocycles. The standard InChI is InChI=1S/C26H35N5O2.HI/c1-4-27-26(28-18-20-8-12-22(13-9-20)24(32)30(2)3)29-19-21-10-14-23(15-11-21)25(33)31-16-6-5-7-17-31;/h8-15H,4-7,16-19H2,1-3H3,(H2,27,28,29);1H. The van der Waals surface area contributed by atoms with E-state index < -0.39 is 0 Å². The second kappa shape index (κ2) is 13.9. The highest BCUT2D eigenvalue weighted by Gasteiger charge is 2.17. The van der Waals surface area contributed by atoms with Crippen molar-refractivity contribution in [3.8, 4) is 0 Å². The first kappa shape index (κ1) is 27.6. The van der Waals surface area contributed by atoms with E-state index in [1.54, 1.807) is 19.0 Å². The van der Waals surface area contributed by atoms with Gasteiger partial charge in [-0.1, -0.05) is 24.3 Å². The van der Waals surface area contributed by atoms with Crippen LogP contribution in [-0.2, 0) is 13.1 Å². The van der Waals surface area contributed by atoms with Gasteiger partial charge in [-0.2, -0.15) is 0 Å². The molecule has 2 amide bonds. The van der Waals surface area contributed by atoms with Gasteiger partial charge in [-0.3, -0.25) is 9.59 Å². The smallest absolute Gasteiger partial charge is 0.253 e. The minimum atomic E-state index is -0.00643. The molecule has 0 unspecified atom stereocenters. The predicted molar refractivity (Wildman–Crippen MR) is 148 cm³/mol. The van der Waals surface area contributed by atoms with Crippen molar-refractivity contribution in [1.29, 1.82) is 0 Å². The van der Waals surface area contributed by atoms with Crippen LogP contribution in [0.2, 0.25) is 0 Å². The number of nitrogens with zero attached hydrogens (tertiary/aromatic N) is 3. The molecule has 1 fully saturated rings. The number of nitrogens with one attached hydrogen (secondary N) is 2. The molecule has 2 aromatic carbocycles. The molecule has 1 aliphatic heterocycles. The van der Waals surface area contributed by atoms with Gasteiger partial charge in [0, 0.05) is 51.4 Å². The van der Waals surface area contributed by atoms with Crippen molar-refractivity contribution >= 4 is 41.8 Å². The predicted octanol–water partition coefficient (Wildman–Crippen LogP) is 3.89. The third-order valence-electron chi connectivity index (χ3n) is 5.68. The molecule has 1 saturated heterocycles. The largest absolute Gasteiger partial charge is 0.357 e. The molecule has 34 heavy (non-hydrogen) atoms. The van der Waals surface area contributed by atoms with Crippen molar-refractivity contribution in [2.75, 3.05) is 33.7 Å². The van der Waals surface area contributed by atoms with Crippen LogP contribution in [0.3, 0.4) is 0 Å². The molecule has 184 valence electrons. The first-order chi connectivity index (χ1) is 16.0. The third kappa shape index (κ3) is 8.00. The fourth-order valence-corrected chi connectivity index (χ4v) is 3.75. The van der Waals surface area contributed by atoms with Crippen molar-refractivity contribution in [3.05, 3.63) is 70.8 Å². The Morgan fingerprint density at radius 3 is 2.06 bits per heavy atom. The van der Waals surface area contributed by atoms with E-state index in [1.165, 1.54) is 6.42 Å². The minimum Gasteiger partial charge on any atom is -0.357 e. The molecule has 7 nitrogen and oxygen atoms in total. The highest BCUT2D eigenvalue weighted by molar-refractivity contribution is 14.0. The molecule has 0 aromatic heterocycles. The number of amides is 2. The van der Waals surface area contributed by atoms with Crippen molar-refractivity contribution in [3.63, 3.8) is 0 Å². The Hall–Kier alpha value is -2.62. The summed E-state index contributed by atoms with van der Waals surface area (Å²) in [6.07, 6.45) is 3.40. The SMILES string of the molecule is CCNC(=NCc1ccc(C(=O)N2CCCCC2)cc1)NCc1ccc(C(=O)N(C)C)cc1.I. The van der Waals surface area contributed by atoms with Crippen LogP contribution in [0.25, 0.3) is 0 Å². The number of halogens is 1. The average molecular weight is 578 g/mol. The molecule has 2 aromatic rings. The summed E-state index contributed by atoms with van der Waals surface area (Å²) in [5, 5.41) is 6.59. The van der Waals surface area contributed by atoms with Crippen LogP contribution in [0.1, 0.15) is 58.0 Å². The van der Waals surface area contributed by atoms with Crippen molar-refractivity contribution in [2.24, 2.45) is 4.99 Å². The van der Waals surface area contributed by atoms with Crippen LogP contribution < -0.4 is 10.6 Å². The van der Waals surface area contributed by atoms with Gasteiger partial charge in [0.1, 0.15) is 0 Å². The number of carbonyl (C=O) groups is 2. The highest BCUT2D eigenvalue weighted by atomic mass is 127. The van der Waals surface area contributed by atoms with Crippen LogP contribution in [0, 0.1) is 0 Å². The minimum absolute atomic E-state index is 0. The van der Waals surface area contributed by atoms with E-state index >= 15 is 0 Å². The first-order valence-electron chi connectivity index (χ1n) is 11.7. The molecule has 0 bridgehead atoms. The van der Waals surface area contributed by atoms with E-state index in [2.05, 4.69) is 15.6 Å². The number of guanidine groups is 1. The van der Waals surface area contributed by atoms with Gasteiger partial charge in [-0.05, 0) is 61.6 Å². The number of hydrogen-bond acceptors (Lipinski definition) is 3. The zero-order chi connectivity index (χ0) is 23.6. The summed E-state index contributed by atoms with van der Waals surface area (Å²) in [5.41, 5.74) is 3.53. The lowest BCUT2D eigenvalue weighted by atomic mass is 10.1. The van der Waals surface area contributed by atoms with E-state index in [0.717, 1.165) is 55.1 Å². The molecule has 0 radical (unpaired) electrons. The molecule has 2 N–H and O–H groups in total. The summed E-state index contributed by atoms with van der Waals surface area (Å²) < 4.78 is 0. The van der Waals surface area contributed by atoms with E-state index in [0.29, 0.717) is 18.7 Å². The number of benzene rings is 2. The van der Waals surface area contributed by atoms with E-state index in [1.807, 2.05) is 60.4 Å². The van der Waals surface area contributed by atoms with Gasteiger partial charge >= 0.3 is 0 Å². The lowest BCUT2D eigenvalue weighted by Gasteiger charge is -2.26. The van der Waals surface area contributed by atoms with Crippen molar-refractivity contribution in [1.82, 2.24) is 20.4 Å². The van der Waals surface area contributed by atoms with Gasteiger partial charge < -0.3 is 20.4 Å². The number of rotatable bonds is 7. The van der Waals surface area contributed by atoms with Crippen LogP contribution >= 0.6 is 24.0 Å². The van der Waals surface area contributed by atoms with Gasteiger partial charge in [0.15, 0.2) is 5.96 Å². The number of piperidine rings is 1. The Morgan fingerprint density at radius 2 is 1.47 bits per heavy atom. The molecule has 0 saturated carbocycles. The maximum atomic E-state index is 12.6. The van der Waals surface area contributed by atoms with E-state index in [-0.39, 0.29) is 35.8 Å². The molecular weight excluding hydrogens is 541 g/mol. The maximum absolute atomic E-state index is 12.6. The van der Waals surface area contributed by atoms with Crippen molar-refractivity contribution in [2.45, 2.75) is 39.3 Å². The summed E-state index contributed by atoms with van der Waals surface area (Å²) >= 11 is 0. The molecule has 1 aliphatic rings. The summed E-state index contributed by atoms with van der Waals surface area (Å²) in [6.45, 7) is 5.62. The quantitative estimate of drug-likeness (QED) is 0.298. The first-order valence-corrected chi connectivity index (χ1v) is 11.7. The van der Waals surface area contributed by atoms with Crippen LogP contribution in [0.5, 0.6) is 0 Å². The molecule has 1 heterocycles. The molecule has 0 atom stereocenters. The monoisotopic (exact) mass is 577 g/mol. The second-order valence-electron chi connectivity index (χ2n) is 8.50. The van der Waals surface area contributed by atoms with Gasteiger partial charge in [-0.25, -0.2) is 4.99 Å². The average Bonchev–Trinajstić information content (AvgIpc) is 2.86. The zero-order valence-electron chi connectivity index (χ0n) is 20.3. The fraction of sp³-hybridized carbons (Fsp3) is 0.423. The Labute approximate surface area is 220 Å². The molecule has 3 rings (SSSR count). The number of carbonyl (C=O) groups excluding carboxylic acids is 2.